The van der Waals surface area contributed by atoms with E-state index in [-0.39, 0.29) is 29.8 Å². The van der Waals surface area contributed by atoms with Gasteiger partial charge in [0.25, 0.3) is 5.91 Å². The van der Waals surface area contributed by atoms with Gasteiger partial charge in [0.15, 0.2) is 0 Å². The van der Waals surface area contributed by atoms with Crippen LogP contribution in [0.2, 0.25) is 0 Å². The van der Waals surface area contributed by atoms with E-state index in [2.05, 4.69) is 15.3 Å². The van der Waals surface area contributed by atoms with Crippen molar-refractivity contribution in [2.24, 2.45) is 0 Å². The van der Waals surface area contributed by atoms with Crippen LogP contribution in [0.25, 0.3) is 37.3 Å². The fraction of sp³-hybridized carbons (Fsp3) is 0.394. The smallest absolute Gasteiger partial charge is 0.407 e. The number of nitrogens with one attached hydrogen (secondary N) is 1. The van der Waals surface area contributed by atoms with Crippen LogP contribution >= 0.6 is 11.3 Å². The summed E-state index contributed by atoms with van der Waals surface area (Å²) in [6.07, 6.45) is 4.02. The van der Waals surface area contributed by atoms with E-state index in [1.54, 1.807) is 37.8 Å². The van der Waals surface area contributed by atoms with Crippen molar-refractivity contribution >= 4 is 39.9 Å². The largest absolute Gasteiger partial charge is 0.444 e. The predicted octanol–water partition coefficient (Wildman–Crippen LogP) is 6.95. The zero-order chi connectivity index (χ0) is 31.2. The van der Waals surface area contributed by atoms with Gasteiger partial charge >= 0.3 is 6.09 Å². The third kappa shape index (κ3) is 6.18. The van der Waals surface area contributed by atoms with Gasteiger partial charge in [-0.3, -0.25) is 9.48 Å². The Morgan fingerprint density at radius 1 is 1.16 bits per heavy atom. The van der Waals surface area contributed by atoms with E-state index in [1.807, 2.05) is 29.1 Å². The number of ether oxygens (including phenoxy) is 1. The summed E-state index contributed by atoms with van der Waals surface area (Å²) >= 11 is 1.34. The van der Waals surface area contributed by atoms with E-state index in [0.717, 1.165) is 34.2 Å². The third-order valence-corrected chi connectivity index (χ3v) is 9.17. The highest BCUT2D eigenvalue weighted by Crippen LogP contribution is 2.42. The van der Waals surface area contributed by atoms with Crippen LogP contribution in [0.15, 0.2) is 48.7 Å². The van der Waals surface area contributed by atoms with Crippen molar-refractivity contribution in [1.82, 2.24) is 20.0 Å². The molecule has 9 nitrogen and oxygen atoms in total. The molecule has 2 aliphatic rings. The fourth-order valence-corrected chi connectivity index (χ4v) is 6.89. The predicted molar refractivity (Wildman–Crippen MR) is 167 cm³/mol. The molecule has 6 rings (SSSR count). The van der Waals surface area contributed by atoms with Crippen molar-refractivity contribution in [1.29, 1.82) is 0 Å². The van der Waals surface area contributed by atoms with Gasteiger partial charge in [-0.15, -0.1) is 11.3 Å². The van der Waals surface area contributed by atoms with E-state index in [4.69, 9.17) is 11.3 Å². The van der Waals surface area contributed by atoms with Gasteiger partial charge in [-0.05, 0) is 81.8 Å². The first-order valence-corrected chi connectivity index (χ1v) is 15.6. The van der Waals surface area contributed by atoms with E-state index >= 15 is 0 Å². The number of carbonyl (C=O) groups excluding carboxylic acids is 2. The molecule has 1 aliphatic carbocycles. The number of carbonyl (C=O) groups is 2. The van der Waals surface area contributed by atoms with E-state index in [1.165, 1.54) is 23.5 Å². The van der Waals surface area contributed by atoms with Crippen LogP contribution in [-0.2, 0) is 4.74 Å². The van der Waals surface area contributed by atoms with Gasteiger partial charge in [0.1, 0.15) is 11.4 Å². The zero-order valence-electron chi connectivity index (χ0n) is 24.8. The number of aliphatic hydroxyl groups is 1. The Kier molecular flexibility index (Phi) is 7.90. The Morgan fingerprint density at radius 3 is 2.64 bits per heavy atom. The number of aromatic nitrogens is 2. The molecule has 11 heteroatoms. The van der Waals surface area contributed by atoms with Crippen molar-refractivity contribution in [3.05, 3.63) is 70.8 Å². The maximum absolute atomic E-state index is 14.8. The van der Waals surface area contributed by atoms with Gasteiger partial charge in [-0.2, -0.15) is 5.10 Å². The number of piperidine rings is 1. The Labute approximate surface area is 259 Å². The number of benzene rings is 2. The lowest BCUT2D eigenvalue weighted by Crippen LogP contribution is -2.50. The summed E-state index contributed by atoms with van der Waals surface area (Å²) in [5.41, 5.74) is 2.28. The highest BCUT2D eigenvalue weighted by atomic mass is 32.1. The summed E-state index contributed by atoms with van der Waals surface area (Å²) in [6, 6.07) is 12.1. The zero-order valence-corrected chi connectivity index (χ0v) is 25.7. The van der Waals surface area contributed by atoms with Gasteiger partial charge < -0.3 is 20.1 Å². The van der Waals surface area contributed by atoms with Crippen LogP contribution < -0.4 is 5.32 Å². The highest BCUT2D eigenvalue weighted by Gasteiger charge is 2.31. The number of alkyl carbamates (subject to hydrolysis) is 1. The molecule has 2 fully saturated rings. The second-order valence-electron chi connectivity index (χ2n) is 12.5. The fourth-order valence-electron chi connectivity index (χ4n) is 5.75. The normalized spacial score (nSPS) is 20.2. The molecular weight excluding hydrogens is 581 g/mol. The summed E-state index contributed by atoms with van der Waals surface area (Å²) in [5.74, 6) is -0.775. The maximum atomic E-state index is 14.8. The molecule has 44 heavy (non-hydrogen) atoms. The quantitative estimate of drug-likeness (QED) is 0.237. The van der Waals surface area contributed by atoms with Crippen LogP contribution in [-0.4, -0.2) is 62.6 Å². The Balaban J connectivity index is 1.32. The molecule has 1 saturated carbocycles. The Bertz CT molecular complexity index is 1780. The van der Waals surface area contributed by atoms with Crippen molar-refractivity contribution < 1.29 is 23.8 Å². The number of likely N-dealkylation sites (tertiary alicyclic amines) is 1. The lowest BCUT2D eigenvalue weighted by atomic mass is 9.90. The van der Waals surface area contributed by atoms with E-state index < -0.39 is 17.5 Å². The molecule has 228 valence electrons. The van der Waals surface area contributed by atoms with Crippen LogP contribution in [0.1, 0.15) is 62.2 Å². The minimum absolute atomic E-state index is 0.0615. The van der Waals surface area contributed by atoms with Gasteiger partial charge in [0.05, 0.1) is 29.1 Å². The molecule has 3 heterocycles. The molecule has 2 N–H and O–H groups in total. The monoisotopic (exact) mass is 615 g/mol. The molecular formula is C33H34FN5O4S. The van der Waals surface area contributed by atoms with Gasteiger partial charge in [-0.1, -0.05) is 18.2 Å². The average molecular weight is 616 g/mol. The van der Waals surface area contributed by atoms with Crippen LogP contribution in [0.5, 0.6) is 0 Å². The number of hydrogen-bond donors (Lipinski definition) is 2. The molecule has 4 aromatic rings. The molecule has 1 atom stereocenters. The van der Waals surface area contributed by atoms with Crippen LogP contribution in [0.4, 0.5) is 14.9 Å². The summed E-state index contributed by atoms with van der Waals surface area (Å²) < 4.78 is 22.1. The molecule has 0 radical (unpaired) electrons. The van der Waals surface area contributed by atoms with E-state index in [0.29, 0.717) is 41.9 Å². The number of amides is 2. The lowest BCUT2D eigenvalue weighted by Gasteiger charge is -2.33. The molecule has 0 bridgehead atoms. The molecule has 2 amide bonds. The van der Waals surface area contributed by atoms with Crippen LogP contribution in [0, 0.1) is 12.4 Å². The SMILES string of the molecule is [C-]#[N+]c1ccc(-c2cc(C(=O)N3CCC[C@@H](NC(=O)OC(C)(C)C)C3)sc2-c2ccc3nn(C4CC(O)C4)cc3c2)cc1F. The van der Waals surface area contributed by atoms with E-state index in [9.17, 15) is 19.1 Å². The molecule has 1 aliphatic heterocycles. The molecule has 1 saturated heterocycles. The number of nitrogens with zero attached hydrogens (tertiary/aromatic N) is 4. The number of rotatable bonds is 5. The lowest BCUT2D eigenvalue weighted by molar-refractivity contribution is 0.0436. The summed E-state index contributed by atoms with van der Waals surface area (Å²) in [4.78, 5) is 32.5. The highest BCUT2D eigenvalue weighted by molar-refractivity contribution is 7.18. The number of halogens is 1. The third-order valence-electron chi connectivity index (χ3n) is 8.00. The van der Waals surface area contributed by atoms with Crippen molar-refractivity contribution in [2.45, 2.75) is 70.2 Å². The van der Waals surface area contributed by atoms with Crippen LogP contribution in [0.3, 0.4) is 0 Å². The second-order valence-corrected chi connectivity index (χ2v) is 13.6. The number of thiophene rings is 1. The summed E-state index contributed by atoms with van der Waals surface area (Å²) in [5, 5.41) is 18.2. The first kappa shape index (κ1) is 29.8. The average Bonchev–Trinajstić information content (AvgIpc) is 3.58. The number of aliphatic hydroxyl groups excluding tert-OH is 1. The first-order valence-electron chi connectivity index (χ1n) is 14.7. The minimum Gasteiger partial charge on any atom is -0.444 e. The molecule has 2 aromatic carbocycles. The first-order chi connectivity index (χ1) is 21.0. The topological polar surface area (TPSA) is 101 Å². The van der Waals surface area contributed by atoms with Gasteiger partial charge in [0, 0.05) is 41.2 Å². The number of hydrogen-bond acceptors (Lipinski definition) is 6. The van der Waals surface area contributed by atoms with Gasteiger partial charge in [-0.25, -0.2) is 14.0 Å². The second kappa shape index (κ2) is 11.7. The molecule has 2 aromatic heterocycles. The Morgan fingerprint density at radius 2 is 1.93 bits per heavy atom. The number of fused-ring (bicyclic) bond motifs is 1. The van der Waals surface area contributed by atoms with Crippen molar-refractivity contribution in [3.63, 3.8) is 0 Å². The standard InChI is InChI=1S/C33H34FN5O4S/c1-33(2,3)43-32(42)36-22-6-5-11-38(18-22)31(41)29-16-25(19-7-10-28(35-4)26(34)13-19)30(44-29)20-8-9-27-21(12-20)17-39(37-27)23-14-24(40)15-23/h7-10,12-13,16-17,22-24,40H,5-6,11,14-15,18H2,1-3H3,(H,36,42)/t22-,23?,24?/m1/s1. The van der Waals surface area contributed by atoms with Gasteiger partial charge in [0.2, 0.25) is 5.69 Å². The molecule has 0 unspecified atom stereocenters. The minimum atomic E-state index is -0.619. The summed E-state index contributed by atoms with van der Waals surface area (Å²) in [6.45, 7) is 13.6. The van der Waals surface area contributed by atoms with Crippen molar-refractivity contribution in [2.75, 3.05) is 13.1 Å². The Hall–Kier alpha value is -4.27. The molecule has 0 spiro atoms. The maximum Gasteiger partial charge on any atom is 0.407 e. The summed E-state index contributed by atoms with van der Waals surface area (Å²) in [7, 11) is 0. The van der Waals surface area contributed by atoms with Crippen molar-refractivity contribution in [3.8, 4) is 21.6 Å².